The fourth-order valence-corrected chi connectivity index (χ4v) is 1.93. The summed E-state index contributed by atoms with van der Waals surface area (Å²) < 4.78 is 0. The van der Waals surface area contributed by atoms with Crippen LogP contribution in [0.4, 0.5) is 0 Å². The van der Waals surface area contributed by atoms with Crippen LogP contribution < -0.4 is 0 Å². The number of carboxylic acids is 1. The molecule has 0 saturated heterocycles. The summed E-state index contributed by atoms with van der Waals surface area (Å²) in [5.41, 5.74) is 2.55. The first-order valence-corrected chi connectivity index (χ1v) is 7.78. The highest BCUT2D eigenvalue weighted by Gasteiger charge is 2.15. The highest BCUT2D eigenvalue weighted by Crippen LogP contribution is 2.08. The molecule has 0 aromatic carbocycles. The lowest BCUT2D eigenvalue weighted by Crippen LogP contribution is -2.27. The molecular formula is C19H28O5. The number of rotatable bonds is 9. The summed E-state index contributed by atoms with van der Waals surface area (Å²) in [5.74, 6) is -0.985. The monoisotopic (exact) mass is 336 g/mol. The van der Waals surface area contributed by atoms with Gasteiger partial charge in [-0.2, -0.15) is 0 Å². The Morgan fingerprint density at radius 1 is 0.958 bits per heavy atom. The van der Waals surface area contributed by atoms with Crippen LogP contribution in [0.1, 0.15) is 34.1 Å². The van der Waals surface area contributed by atoms with E-state index < -0.39 is 24.3 Å². The minimum atomic E-state index is -1.03. The molecule has 0 radical (unpaired) electrons. The average Bonchev–Trinajstić information content (AvgIpc) is 2.44. The molecule has 0 aliphatic rings. The topological polar surface area (TPSA) is 98.0 Å². The average molecular weight is 336 g/mol. The lowest BCUT2D eigenvalue weighted by atomic mass is 10.0. The van der Waals surface area contributed by atoms with Crippen LogP contribution in [0, 0.1) is 0 Å². The van der Waals surface area contributed by atoms with Gasteiger partial charge in [0.15, 0.2) is 0 Å². The molecule has 0 spiro atoms. The van der Waals surface area contributed by atoms with Crippen LogP contribution in [0.15, 0.2) is 59.3 Å². The van der Waals surface area contributed by atoms with Crippen molar-refractivity contribution < 1.29 is 25.2 Å². The maximum absolute atomic E-state index is 10.4. The number of aliphatic carboxylic acids is 1. The Hall–Kier alpha value is -1.95. The van der Waals surface area contributed by atoms with Crippen molar-refractivity contribution in [2.24, 2.45) is 0 Å². The first-order chi connectivity index (χ1) is 11.1. The second-order valence-corrected chi connectivity index (χ2v) is 5.88. The second-order valence-electron chi connectivity index (χ2n) is 5.88. The molecule has 4 N–H and O–H groups in total. The van der Waals surface area contributed by atoms with Crippen molar-refractivity contribution >= 4 is 5.97 Å². The van der Waals surface area contributed by atoms with Gasteiger partial charge in [-0.15, -0.1) is 0 Å². The number of aliphatic hydroxyl groups excluding tert-OH is 3. The third-order valence-corrected chi connectivity index (χ3v) is 3.07. The van der Waals surface area contributed by atoms with E-state index in [2.05, 4.69) is 0 Å². The summed E-state index contributed by atoms with van der Waals surface area (Å²) >= 11 is 0. The van der Waals surface area contributed by atoms with Crippen molar-refractivity contribution in [3.63, 3.8) is 0 Å². The molecule has 0 amide bonds. The first-order valence-electron chi connectivity index (χ1n) is 7.78. The highest BCUT2D eigenvalue weighted by molar-refractivity contribution is 5.80. The highest BCUT2D eigenvalue weighted by atomic mass is 16.4. The van der Waals surface area contributed by atoms with E-state index in [1.54, 1.807) is 26.0 Å². The third-order valence-electron chi connectivity index (χ3n) is 3.07. The molecule has 5 heteroatoms. The van der Waals surface area contributed by atoms with E-state index in [9.17, 15) is 20.1 Å². The Morgan fingerprint density at radius 3 is 2.12 bits per heavy atom. The van der Waals surface area contributed by atoms with Crippen molar-refractivity contribution in [1.82, 2.24) is 0 Å². The number of allylic oxidation sites excluding steroid dienone is 8. The zero-order valence-electron chi connectivity index (χ0n) is 14.7. The van der Waals surface area contributed by atoms with E-state index in [4.69, 9.17) is 5.11 Å². The molecule has 0 fully saturated rings. The van der Waals surface area contributed by atoms with Gasteiger partial charge >= 0.3 is 5.97 Å². The normalized spacial score (nSPS) is 18.2. The van der Waals surface area contributed by atoms with Gasteiger partial charge in [-0.05, 0) is 27.7 Å². The van der Waals surface area contributed by atoms with Crippen molar-refractivity contribution in [1.29, 1.82) is 0 Å². The van der Waals surface area contributed by atoms with Gasteiger partial charge in [0.1, 0.15) is 0 Å². The third kappa shape index (κ3) is 11.6. The van der Waals surface area contributed by atoms with Crippen molar-refractivity contribution in [2.75, 3.05) is 0 Å². The van der Waals surface area contributed by atoms with Crippen molar-refractivity contribution in [2.45, 2.75) is 52.4 Å². The molecule has 0 aromatic heterocycles. The lowest BCUT2D eigenvalue weighted by molar-refractivity contribution is -0.131. The molecule has 5 nitrogen and oxygen atoms in total. The standard InChI is InChI=1S/C19H28O5/c1-13(10-15(3)8-9-19(23)24)6-5-7-14(2)11-17(21)18(22)12-16(4)20/h5-11,16-18,20-22H,12H2,1-4H3,(H,23,24)/b7-5+,9-8+,13-6+,14-11+,15-10+/t16-,17+,18-/m0/s1. The Labute approximate surface area is 143 Å². The molecule has 0 saturated carbocycles. The summed E-state index contributed by atoms with van der Waals surface area (Å²) in [6.45, 7) is 7.06. The molecule has 0 rings (SSSR count). The van der Waals surface area contributed by atoms with E-state index in [-0.39, 0.29) is 6.42 Å². The van der Waals surface area contributed by atoms with Crippen LogP contribution in [-0.4, -0.2) is 44.7 Å². The summed E-state index contributed by atoms with van der Waals surface area (Å²) in [5, 5.41) is 37.3. The summed E-state index contributed by atoms with van der Waals surface area (Å²) in [6.07, 6.45) is 8.85. The molecule has 0 aliphatic heterocycles. The lowest BCUT2D eigenvalue weighted by Gasteiger charge is -2.16. The molecular weight excluding hydrogens is 308 g/mol. The Balaban J connectivity index is 4.74. The fourth-order valence-electron chi connectivity index (χ4n) is 1.93. The van der Waals surface area contributed by atoms with Crippen LogP contribution in [-0.2, 0) is 4.79 Å². The maximum Gasteiger partial charge on any atom is 0.328 e. The van der Waals surface area contributed by atoms with Gasteiger partial charge in [0.25, 0.3) is 0 Å². The minimum absolute atomic E-state index is 0.113. The van der Waals surface area contributed by atoms with Gasteiger partial charge in [0.2, 0.25) is 0 Å². The van der Waals surface area contributed by atoms with Crippen LogP contribution >= 0.6 is 0 Å². The van der Waals surface area contributed by atoms with E-state index in [0.717, 1.165) is 22.8 Å². The van der Waals surface area contributed by atoms with Gasteiger partial charge in [0.05, 0.1) is 18.3 Å². The maximum atomic E-state index is 10.4. The molecule has 134 valence electrons. The Bertz CT molecular complexity index is 550. The smallest absolute Gasteiger partial charge is 0.328 e. The molecule has 0 heterocycles. The molecule has 0 aliphatic carbocycles. The Morgan fingerprint density at radius 2 is 1.58 bits per heavy atom. The van der Waals surface area contributed by atoms with Gasteiger partial charge in [-0.25, -0.2) is 4.79 Å². The van der Waals surface area contributed by atoms with E-state index in [1.807, 2.05) is 26.0 Å². The van der Waals surface area contributed by atoms with Gasteiger partial charge in [-0.1, -0.05) is 53.2 Å². The number of hydrogen-bond donors (Lipinski definition) is 4. The van der Waals surface area contributed by atoms with Crippen LogP contribution in [0.2, 0.25) is 0 Å². The molecule has 24 heavy (non-hydrogen) atoms. The van der Waals surface area contributed by atoms with Crippen LogP contribution in [0.25, 0.3) is 0 Å². The fraction of sp³-hybridized carbons (Fsp3) is 0.421. The molecule has 0 bridgehead atoms. The minimum Gasteiger partial charge on any atom is -0.478 e. The number of carboxylic acid groups (broad SMARTS) is 1. The number of hydrogen-bond acceptors (Lipinski definition) is 4. The second kappa shape index (κ2) is 11.6. The predicted molar refractivity (Wildman–Crippen MR) is 95.5 cm³/mol. The molecule has 0 aromatic rings. The summed E-state index contributed by atoms with van der Waals surface area (Å²) in [4.78, 5) is 10.4. The largest absolute Gasteiger partial charge is 0.478 e. The van der Waals surface area contributed by atoms with E-state index in [1.165, 1.54) is 12.2 Å². The van der Waals surface area contributed by atoms with Crippen LogP contribution in [0.3, 0.4) is 0 Å². The molecule has 3 atom stereocenters. The SMILES string of the molecule is CC(=C\C=C\C(C)=C\[C@@H](O)[C@@H](O)C[C@H](C)O)/C=C(C)/C=C/C(=O)O. The van der Waals surface area contributed by atoms with Crippen molar-refractivity contribution in [3.8, 4) is 0 Å². The van der Waals surface area contributed by atoms with Crippen LogP contribution in [0.5, 0.6) is 0 Å². The van der Waals surface area contributed by atoms with Gasteiger partial charge < -0.3 is 20.4 Å². The van der Waals surface area contributed by atoms with Crippen molar-refractivity contribution in [3.05, 3.63) is 59.3 Å². The predicted octanol–water partition coefficient (Wildman–Crippen LogP) is 2.51. The first kappa shape index (κ1) is 22.1. The summed E-state index contributed by atoms with van der Waals surface area (Å²) in [6, 6.07) is 0. The van der Waals surface area contributed by atoms with E-state index in [0.29, 0.717) is 0 Å². The zero-order valence-corrected chi connectivity index (χ0v) is 14.7. The van der Waals surface area contributed by atoms with Gasteiger partial charge in [0, 0.05) is 12.5 Å². The number of aliphatic hydroxyl groups is 3. The van der Waals surface area contributed by atoms with Gasteiger partial charge in [-0.3, -0.25) is 0 Å². The quantitative estimate of drug-likeness (QED) is 0.383. The Kier molecular flexibility index (Phi) is 10.6. The van der Waals surface area contributed by atoms with E-state index >= 15 is 0 Å². The summed E-state index contributed by atoms with van der Waals surface area (Å²) in [7, 11) is 0. The molecule has 0 unspecified atom stereocenters. The zero-order chi connectivity index (χ0) is 18.7. The number of carbonyl (C=O) groups is 1.